The molecule has 0 amide bonds. The predicted octanol–water partition coefficient (Wildman–Crippen LogP) is 2.56. The summed E-state index contributed by atoms with van der Waals surface area (Å²) in [5, 5.41) is 3.21. The Hall–Kier alpha value is -1.00. The van der Waals surface area contributed by atoms with Crippen LogP contribution in [0.5, 0.6) is 0 Å². The Bertz CT molecular complexity index is 427. The summed E-state index contributed by atoms with van der Waals surface area (Å²) in [4.78, 5) is 12.4. The van der Waals surface area contributed by atoms with Crippen LogP contribution in [0.3, 0.4) is 0 Å². The van der Waals surface area contributed by atoms with Gasteiger partial charge in [-0.25, -0.2) is 15.0 Å². The van der Waals surface area contributed by atoms with Crippen molar-refractivity contribution in [3.05, 3.63) is 28.5 Å². The number of thiazole rings is 1. The Balaban J connectivity index is 2.46. The van der Waals surface area contributed by atoms with E-state index in [9.17, 15) is 0 Å². The van der Waals surface area contributed by atoms with Gasteiger partial charge in [0.05, 0.1) is 0 Å². The smallest absolute Gasteiger partial charge is 0.190 e. The Morgan fingerprint density at radius 2 is 2.23 bits per heavy atom. The number of nitrogens with zero attached hydrogens (tertiary/aromatic N) is 3. The van der Waals surface area contributed by atoms with Crippen molar-refractivity contribution < 1.29 is 0 Å². The second kappa shape index (κ2) is 3.40. The van der Waals surface area contributed by atoms with E-state index in [1.165, 1.54) is 11.3 Å². The van der Waals surface area contributed by atoms with Crippen LogP contribution in [0, 0.1) is 6.92 Å². The average molecular weight is 212 g/mol. The summed E-state index contributed by atoms with van der Waals surface area (Å²) in [6.07, 6.45) is 1.63. The van der Waals surface area contributed by atoms with E-state index in [4.69, 9.17) is 11.6 Å². The fourth-order valence-corrected chi connectivity index (χ4v) is 1.77. The van der Waals surface area contributed by atoms with Crippen molar-refractivity contribution in [2.75, 3.05) is 0 Å². The van der Waals surface area contributed by atoms with Crippen molar-refractivity contribution >= 4 is 22.9 Å². The van der Waals surface area contributed by atoms with E-state index in [-0.39, 0.29) is 0 Å². The van der Waals surface area contributed by atoms with Crippen LogP contribution in [0.4, 0.5) is 0 Å². The summed E-state index contributed by atoms with van der Waals surface area (Å²) in [5.41, 5.74) is 0.976. The summed E-state index contributed by atoms with van der Waals surface area (Å²) >= 11 is 7.24. The zero-order valence-corrected chi connectivity index (χ0v) is 8.43. The summed E-state index contributed by atoms with van der Waals surface area (Å²) in [6.45, 7) is 1.94. The topological polar surface area (TPSA) is 38.7 Å². The first-order chi connectivity index (χ1) is 6.25. The summed E-state index contributed by atoms with van der Waals surface area (Å²) < 4.78 is 0. The Kier molecular flexibility index (Phi) is 2.24. The van der Waals surface area contributed by atoms with E-state index in [0.29, 0.717) is 11.0 Å². The predicted molar refractivity (Wildman–Crippen MR) is 52.9 cm³/mol. The summed E-state index contributed by atoms with van der Waals surface area (Å²) in [6, 6.07) is 1.64. The minimum atomic E-state index is 0.442. The first-order valence-corrected chi connectivity index (χ1v) is 4.92. The highest BCUT2D eigenvalue weighted by Gasteiger charge is 2.05. The summed E-state index contributed by atoms with van der Waals surface area (Å²) in [7, 11) is 0. The third-order valence-electron chi connectivity index (χ3n) is 1.43. The SMILES string of the molecule is Cc1csc(-c2nccc(Cl)n2)n1. The second-order valence-electron chi connectivity index (χ2n) is 2.50. The van der Waals surface area contributed by atoms with Gasteiger partial charge in [-0.05, 0) is 13.0 Å². The van der Waals surface area contributed by atoms with E-state index < -0.39 is 0 Å². The fraction of sp³-hybridized carbons (Fsp3) is 0.125. The lowest BCUT2D eigenvalue weighted by Gasteiger charge is -1.93. The average Bonchev–Trinajstić information content (AvgIpc) is 2.52. The molecule has 0 aliphatic heterocycles. The van der Waals surface area contributed by atoms with Gasteiger partial charge < -0.3 is 0 Å². The van der Waals surface area contributed by atoms with Crippen LogP contribution in [0.2, 0.25) is 5.15 Å². The lowest BCUT2D eigenvalue weighted by molar-refractivity contribution is 1.15. The van der Waals surface area contributed by atoms with Crippen LogP contribution < -0.4 is 0 Å². The molecule has 0 unspecified atom stereocenters. The highest BCUT2D eigenvalue weighted by molar-refractivity contribution is 7.13. The van der Waals surface area contributed by atoms with Gasteiger partial charge in [0.25, 0.3) is 0 Å². The maximum Gasteiger partial charge on any atom is 0.190 e. The zero-order valence-electron chi connectivity index (χ0n) is 6.86. The minimum Gasteiger partial charge on any atom is -0.238 e. The minimum absolute atomic E-state index is 0.442. The van der Waals surface area contributed by atoms with Crippen LogP contribution in [-0.2, 0) is 0 Å². The molecule has 0 spiro atoms. The van der Waals surface area contributed by atoms with Gasteiger partial charge in [-0.2, -0.15) is 0 Å². The van der Waals surface area contributed by atoms with Gasteiger partial charge in [-0.15, -0.1) is 11.3 Å². The third-order valence-corrected chi connectivity index (χ3v) is 2.60. The van der Waals surface area contributed by atoms with Gasteiger partial charge in [-0.3, -0.25) is 0 Å². The van der Waals surface area contributed by atoms with E-state index in [0.717, 1.165) is 10.7 Å². The Morgan fingerprint density at radius 1 is 1.38 bits per heavy atom. The highest BCUT2D eigenvalue weighted by Crippen LogP contribution is 2.20. The monoisotopic (exact) mass is 211 g/mol. The van der Waals surface area contributed by atoms with Crippen molar-refractivity contribution in [2.45, 2.75) is 6.92 Å². The molecule has 66 valence electrons. The largest absolute Gasteiger partial charge is 0.238 e. The van der Waals surface area contributed by atoms with Crippen molar-refractivity contribution in [3.8, 4) is 10.8 Å². The molecule has 2 aromatic heterocycles. The van der Waals surface area contributed by atoms with Gasteiger partial charge in [0.2, 0.25) is 0 Å². The van der Waals surface area contributed by atoms with E-state index in [1.54, 1.807) is 12.3 Å². The molecule has 0 aliphatic carbocycles. The molecular formula is C8H6ClN3S. The maximum absolute atomic E-state index is 5.73. The zero-order chi connectivity index (χ0) is 9.26. The molecular weight excluding hydrogens is 206 g/mol. The Morgan fingerprint density at radius 3 is 2.85 bits per heavy atom. The molecule has 2 heterocycles. The molecule has 0 radical (unpaired) electrons. The quantitative estimate of drug-likeness (QED) is 0.681. The Labute approximate surface area is 84.5 Å². The van der Waals surface area contributed by atoms with Crippen molar-refractivity contribution in [1.29, 1.82) is 0 Å². The molecule has 0 fully saturated rings. The lowest BCUT2D eigenvalue weighted by atomic mass is 10.5. The van der Waals surface area contributed by atoms with E-state index >= 15 is 0 Å². The van der Waals surface area contributed by atoms with Crippen LogP contribution in [-0.4, -0.2) is 15.0 Å². The maximum atomic E-state index is 5.73. The third kappa shape index (κ3) is 1.84. The lowest BCUT2D eigenvalue weighted by Crippen LogP contribution is -1.87. The molecule has 13 heavy (non-hydrogen) atoms. The van der Waals surface area contributed by atoms with Gasteiger partial charge in [0.1, 0.15) is 5.15 Å². The molecule has 0 saturated carbocycles. The standard InChI is InChI=1S/C8H6ClN3S/c1-5-4-13-8(11-5)7-10-3-2-6(9)12-7/h2-4H,1H3. The molecule has 2 aromatic rings. The van der Waals surface area contributed by atoms with E-state index in [2.05, 4.69) is 15.0 Å². The van der Waals surface area contributed by atoms with Crippen molar-refractivity contribution in [3.63, 3.8) is 0 Å². The number of aromatic nitrogens is 3. The molecule has 0 aromatic carbocycles. The van der Waals surface area contributed by atoms with Crippen LogP contribution in [0.15, 0.2) is 17.6 Å². The number of rotatable bonds is 1. The molecule has 3 nitrogen and oxygen atoms in total. The van der Waals surface area contributed by atoms with Crippen LogP contribution >= 0.6 is 22.9 Å². The number of halogens is 1. The summed E-state index contributed by atoms with van der Waals surface area (Å²) in [5.74, 6) is 0.589. The first kappa shape index (κ1) is 8.59. The second-order valence-corrected chi connectivity index (χ2v) is 3.74. The van der Waals surface area contributed by atoms with Crippen molar-refractivity contribution in [1.82, 2.24) is 15.0 Å². The molecule has 0 aliphatic rings. The van der Waals surface area contributed by atoms with Gasteiger partial charge >= 0.3 is 0 Å². The molecule has 0 bridgehead atoms. The molecule has 0 N–H and O–H groups in total. The highest BCUT2D eigenvalue weighted by atomic mass is 35.5. The first-order valence-electron chi connectivity index (χ1n) is 3.67. The van der Waals surface area contributed by atoms with Gasteiger partial charge in [0, 0.05) is 17.3 Å². The number of aryl methyl sites for hydroxylation is 1. The van der Waals surface area contributed by atoms with Crippen molar-refractivity contribution in [2.24, 2.45) is 0 Å². The van der Waals surface area contributed by atoms with Gasteiger partial charge in [0.15, 0.2) is 10.8 Å². The van der Waals surface area contributed by atoms with Crippen LogP contribution in [0.25, 0.3) is 10.8 Å². The number of hydrogen-bond donors (Lipinski definition) is 0. The normalized spacial score (nSPS) is 10.3. The number of hydrogen-bond acceptors (Lipinski definition) is 4. The molecule has 5 heteroatoms. The molecule has 2 rings (SSSR count). The molecule has 0 saturated heterocycles. The fourth-order valence-electron chi connectivity index (χ4n) is 0.896. The van der Waals surface area contributed by atoms with Crippen LogP contribution in [0.1, 0.15) is 5.69 Å². The molecule has 0 atom stereocenters. The van der Waals surface area contributed by atoms with E-state index in [1.807, 2.05) is 12.3 Å². The van der Waals surface area contributed by atoms with Gasteiger partial charge in [-0.1, -0.05) is 11.6 Å².